The van der Waals surface area contributed by atoms with E-state index in [2.05, 4.69) is 32.9 Å². The molecular formula is C17H24O3. The minimum Gasteiger partial charge on any atom is -0.481 e. The smallest absolute Gasteiger partial charge is 0.303 e. The van der Waals surface area contributed by atoms with Gasteiger partial charge in [0.2, 0.25) is 0 Å². The van der Waals surface area contributed by atoms with Gasteiger partial charge in [-0.2, -0.15) is 0 Å². The summed E-state index contributed by atoms with van der Waals surface area (Å²) < 4.78 is 0. The van der Waals surface area contributed by atoms with E-state index < -0.39 is 5.97 Å². The highest BCUT2D eigenvalue weighted by Gasteiger charge is 2.19. The quantitative estimate of drug-likeness (QED) is 0.826. The standard InChI is InChI=1S/C17H24O3/c1-11-9-13(17(3,4)5)10-12(2)16(11)14(18)7-6-8-15(19)20/h9-10H,6-8H2,1-5H3,(H,19,20). The van der Waals surface area contributed by atoms with Crippen LogP contribution < -0.4 is 0 Å². The molecule has 0 bridgehead atoms. The first-order valence-corrected chi connectivity index (χ1v) is 6.99. The zero-order chi connectivity index (χ0) is 15.5. The summed E-state index contributed by atoms with van der Waals surface area (Å²) in [5.74, 6) is -0.809. The number of Topliss-reactive ketones (excluding diaryl/α,β-unsaturated/α-hetero) is 1. The number of carboxylic acids is 1. The van der Waals surface area contributed by atoms with E-state index in [1.54, 1.807) is 0 Å². The molecule has 0 unspecified atom stereocenters. The number of carboxylic acid groups (broad SMARTS) is 1. The molecule has 0 saturated carbocycles. The van der Waals surface area contributed by atoms with Crippen LogP contribution >= 0.6 is 0 Å². The average Bonchev–Trinajstić information content (AvgIpc) is 2.26. The number of rotatable bonds is 5. The number of carbonyl (C=O) groups is 2. The second kappa shape index (κ2) is 6.21. The monoisotopic (exact) mass is 276 g/mol. The van der Waals surface area contributed by atoms with Crippen LogP contribution in [0.15, 0.2) is 12.1 Å². The normalized spacial score (nSPS) is 11.4. The van der Waals surface area contributed by atoms with Crippen molar-refractivity contribution in [2.45, 2.75) is 59.3 Å². The van der Waals surface area contributed by atoms with Gasteiger partial charge in [0, 0.05) is 18.4 Å². The molecule has 0 aliphatic rings. The first-order valence-electron chi connectivity index (χ1n) is 6.99. The molecule has 0 heterocycles. The predicted octanol–water partition coefficient (Wildman–Crippen LogP) is 4.04. The number of benzene rings is 1. The van der Waals surface area contributed by atoms with Gasteiger partial charge in [-0.1, -0.05) is 32.9 Å². The third kappa shape index (κ3) is 4.19. The van der Waals surface area contributed by atoms with Crippen LogP contribution in [0.5, 0.6) is 0 Å². The second-order valence-electron chi connectivity index (χ2n) is 6.41. The number of hydrogen-bond donors (Lipinski definition) is 1. The summed E-state index contributed by atoms with van der Waals surface area (Å²) in [7, 11) is 0. The topological polar surface area (TPSA) is 54.4 Å². The second-order valence-corrected chi connectivity index (χ2v) is 6.41. The van der Waals surface area contributed by atoms with Crippen molar-refractivity contribution in [3.8, 4) is 0 Å². The van der Waals surface area contributed by atoms with Crippen LogP contribution in [0.3, 0.4) is 0 Å². The molecule has 0 spiro atoms. The zero-order valence-electron chi connectivity index (χ0n) is 13.0. The van der Waals surface area contributed by atoms with Crippen molar-refractivity contribution in [2.75, 3.05) is 0 Å². The summed E-state index contributed by atoms with van der Waals surface area (Å²) in [6.45, 7) is 10.3. The van der Waals surface area contributed by atoms with Crippen molar-refractivity contribution in [3.63, 3.8) is 0 Å². The Morgan fingerprint density at radius 1 is 1.05 bits per heavy atom. The van der Waals surface area contributed by atoms with E-state index in [0.717, 1.165) is 16.7 Å². The lowest BCUT2D eigenvalue weighted by atomic mass is 9.83. The lowest BCUT2D eigenvalue weighted by Crippen LogP contribution is -2.14. The number of aryl methyl sites for hydroxylation is 2. The van der Waals surface area contributed by atoms with Gasteiger partial charge in [-0.15, -0.1) is 0 Å². The largest absolute Gasteiger partial charge is 0.481 e. The molecule has 1 rings (SSSR count). The number of aliphatic carboxylic acids is 1. The minimum atomic E-state index is -0.852. The Bertz CT molecular complexity index is 499. The third-order valence-corrected chi connectivity index (χ3v) is 3.47. The molecular weight excluding hydrogens is 252 g/mol. The van der Waals surface area contributed by atoms with Gasteiger partial charge in [-0.05, 0) is 42.4 Å². The van der Waals surface area contributed by atoms with Crippen LogP contribution in [-0.2, 0) is 10.2 Å². The van der Waals surface area contributed by atoms with Crippen LogP contribution in [-0.4, -0.2) is 16.9 Å². The van der Waals surface area contributed by atoms with E-state index in [1.165, 1.54) is 5.56 Å². The first kappa shape index (κ1) is 16.4. The Balaban J connectivity index is 2.96. The molecule has 0 amide bonds. The molecule has 0 saturated heterocycles. The number of hydrogen-bond acceptors (Lipinski definition) is 2. The lowest BCUT2D eigenvalue weighted by Gasteiger charge is -2.22. The van der Waals surface area contributed by atoms with Gasteiger partial charge in [0.25, 0.3) is 0 Å². The van der Waals surface area contributed by atoms with Gasteiger partial charge >= 0.3 is 5.97 Å². The van der Waals surface area contributed by atoms with Gasteiger partial charge in [0.1, 0.15) is 0 Å². The number of carbonyl (C=O) groups excluding carboxylic acids is 1. The van der Waals surface area contributed by atoms with Gasteiger partial charge in [-0.3, -0.25) is 9.59 Å². The highest BCUT2D eigenvalue weighted by atomic mass is 16.4. The van der Waals surface area contributed by atoms with Crippen molar-refractivity contribution in [3.05, 3.63) is 34.4 Å². The van der Waals surface area contributed by atoms with Gasteiger partial charge in [-0.25, -0.2) is 0 Å². The summed E-state index contributed by atoms with van der Waals surface area (Å²) in [4.78, 5) is 22.7. The zero-order valence-corrected chi connectivity index (χ0v) is 13.0. The highest BCUT2D eigenvalue weighted by molar-refractivity contribution is 5.99. The maximum Gasteiger partial charge on any atom is 0.303 e. The molecule has 0 aliphatic heterocycles. The van der Waals surface area contributed by atoms with Gasteiger partial charge in [0.15, 0.2) is 5.78 Å². The Morgan fingerprint density at radius 3 is 1.95 bits per heavy atom. The fourth-order valence-electron chi connectivity index (χ4n) is 2.36. The van der Waals surface area contributed by atoms with E-state index in [0.29, 0.717) is 12.8 Å². The Kier molecular flexibility index (Phi) is 5.09. The van der Waals surface area contributed by atoms with Gasteiger partial charge < -0.3 is 5.11 Å². The van der Waals surface area contributed by atoms with Crippen molar-refractivity contribution >= 4 is 11.8 Å². The predicted molar refractivity (Wildman–Crippen MR) is 80.4 cm³/mol. The molecule has 1 N–H and O–H groups in total. The van der Waals surface area contributed by atoms with Crippen molar-refractivity contribution in [1.29, 1.82) is 0 Å². The molecule has 1 aromatic rings. The average molecular weight is 276 g/mol. The van der Waals surface area contributed by atoms with Gasteiger partial charge in [0.05, 0.1) is 0 Å². The third-order valence-electron chi connectivity index (χ3n) is 3.47. The molecule has 110 valence electrons. The Morgan fingerprint density at radius 2 is 1.55 bits per heavy atom. The SMILES string of the molecule is Cc1cc(C(C)(C)C)cc(C)c1C(=O)CCCC(=O)O. The van der Waals surface area contributed by atoms with Crippen molar-refractivity contribution in [1.82, 2.24) is 0 Å². The Hall–Kier alpha value is -1.64. The molecule has 1 aromatic carbocycles. The van der Waals surface area contributed by atoms with E-state index in [9.17, 15) is 9.59 Å². The summed E-state index contributed by atoms with van der Waals surface area (Å²) in [6, 6.07) is 4.13. The van der Waals surface area contributed by atoms with E-state index in [-0.39, 0.29) is 17.6 Å². The molecule has 0 aromatic heterocycles. The summed E-state index contributed by atoms with van der Waals surface area (Å²) in [5, 5.41) is 8.62. The molecule has 0 fully saturated rings. The summed E-state index contributed by atoms with van der Waals surface area (Å²) in [6.07, 6.45) is 0.737. The van der Waals surface area contributed by atoms with Crippen molar-refractivity contribution < 1.29 is 14.7 Å². The molecule has 0 radical (unpaired) electrons. The summed E-state index contributed by atoms with van der Waals surface area (Å²) >= 11 is 0. The molecule has 20 heavy (non-hydrogen) atoms. The first-order chi connectivity index (χ1) is 9.12. The Labute approximate surface area is 121 Å². The fourth-order valence-corrected chi connectivity index (χ4v) is 2.36. The minimum absolute atomic E-state index is 0.0432. The summed E-state index contributed by atoms with van der Waals surface area (Å²) in [5.41, 5.74) is 3.99. The van der Waals surface area contributed by atoms with Crippen LogP contribution in [0.4, 0.5) is 0 Å². The lowest BCUT2D eigenvalue weighted by molar-refractivity contribution is -0.137. The molecule has 0 aliphatic carbocycles. The van der Waals surface area contributed by atoms with E-state index in [1.807, 2.05) is 13.8 Å². The van der Waals surface area contributed by atoms with Crippen LogP contribution in [0.2, 0.25) is 0 Å². The highest BCUT2D eigenvalue weighted by Crippen LogP contribution is 2.27. The van der Waals surface area contributed by atoms with Crippen LogP contribution in [0.1, 0.15) is 67.1 Å². The fraction of sp³-hybridized carbons (Fsp3) is 0.529. The molecule has 0 atom stereocenters. The van der Waals surface area contributed by atoms with Crippen molar-refractivity contribution in [2.24, 2.45) is 0 Å². The molecule has 3 heteroatoms. The van der Waals surface area contributed by atoms with E-state index >= 15 is 0 Å². The van der Waals surface area contributed by atoms with E-state index in [4.69, 9.17) is 5.11 Å². The molecule has 3 nitrogen and oxygen atoms in total. The van der Waals surface area contributed by atoms with Crippen LogP contribution in [0.25, 0.3) is 0 Å². The van der Waals surface area contributed by atoms with Crippen LogP contribution in [0, 0.1) is 13.8 Å². The number of ketones is 1. The maximum absolute atomic E-state index is 12.2. The maximum atomic E-state index is 12.2.